The number of hydrogen-bond donors (Lipinski definition) is 1. The average Bonchev–Trinajstić information content (AvgIpc) is 2.02. The molecule has 13 heavy (non-hydrogen) atoms. The van der Waals surface area contributed by atoms with Crippen molar-refractivity contribution in [2.75, 3.05) is 38.6 Å². The maximum atomic E-state index is 10.4. The van der Waals surface area contributed by atoms with Crippen molar-refractivity contribution in [1.82, 2.24) is 4.90 Å². The Labute approximate surface area is 121 Å². The number of rotatable bonds is 3. The van der Waals surface area contributed by atoms with Crippen LogP contribution >= 0.6 is 0 Å². The molecule has 0 bridgehead atoms. The van der Waals surface area contributed by atoms with Gasteiger partial charge in [0.25, 0.3) is 10.1 Å². The third-order valence-corrected chi connectivity index (χ3v) is 2.47. The molecule has 0 radical (unpaired) electrons. The summed E-state index contributed by atoms with van der Waals surface area (Å²) in [6, 6.07) is 0. The van der Waals surface area contributed by atoms with E-state index in [1.807, 2.05) is 4.90 Å². The van der Waals surface area contributed by atoms with E-state index in [2.05, 4.69) is 0 Å². The summed E-state index contributed by atoms with van der Waals surface area (Å²) < 4.78 is 34.3. The minimum absolute atomic E-state index is 0. The normalized spacial score (nSPS) is 19.5. The molecule has 1 aliphatic heterocycles. The van der Waals surface area contributed by atoms with Crippen LogP contribution in [0.2, 0.25) is 0 Å². The van der Waals surface area contributed by atoms with E-state index in [0.717, 1.165) is 13.1 Å². The Balaban J connectivity index is 0.00000144. The predicted molar refractivity (Wildman–Crippen MR) is 50.8 cm³/mol. The molecule has 0 spiro atoms. The number of nitrogens with zero attached hydrogens (tertiary/aromatic N) is 1. The summed E-state index contributed by atoms with van der Waals surface area (Å²) >= 11 is 0. The molecule has 0 aliphatic carbocycles. The summed E-state index contributed by atoms with van der Waals surface area (Å²) in [5, 5.41) is 0. The second kappa shape index (κ2) is 6.86. The van der Waals surface area contributed by atoms with Crippen molar-refractivity contribution in [2.45, 2.75) is 0 Å². The van der Waals surface area contributed by atoms with Crippen molar-refractivity contribution in [2.24, 2.45) is 0 Å². The standard InChI is InChI=1S/C6H13NO4S.K.H/c8-12(9,10)6-3-7-1-4-11-5-2-7;;/h1-6H2,(H,8,9,10);;. The third kappa shape index (κ3) is 7.40. The number of hydrogen-bond acceptors (Lipinski definition) is 4. The molecule has 1 fully saturated rings. The first kappa shape index (κ1) is 14.5. The SMILES string of the molecule is O=S(=O)(O)CCN1CCOCC1.[KH]. The molecule has 0 atom stereocenters. The zero-order valence-corrected chi connectivity index (χ0v) is 7.59. The van der Waals surface area contributed by atoms with Gasteiger partial charge in [0.1, 0.15) is 0 Å². The van der Waals surface area contributed by atoms with Crippen LogP contribution in [0, 0.1) is 0 Å². The van der Waals surface area contributed by atoms with Crippen LogP contribution < -0.4 is 0 Å². The maximum absolute atomic E-state index is 10.4. The molecule has 1 aliphatic rings. The fourth-order valence-corrected chi connectivity index (χ4v) is 1.56. The second-order valence-corrected chi connectivity index (χ2v) is 4.31. The quantitative estimate of drug-likeness (QED) is 0.479. The van der Waals surface area contributed by atoms with E-state index < -0.39 is 10.1 Å². The van der Waals surface area contributed by atoms with Gasteiger partial charge in [0.2, 0.25) is 0 Å². The van der Waals surface area contributed by atoms with Gasteiger partial charge in [-0.1, -0.05) is 0 Å². The van der Waals surface area contributed by atoms with E-state index in [-0.39, 0.29) is 57.1 Å². The summed E-state index contributed by atoms with van der Waals surface area (Å²) in [6.07, 6.45) is 0. The molecule has 1 rings (SSSR count). The Morgan fingerprint density at radius 2 is 1.85 bits per heavy atom. The summed E-state index contributed by atoms with van der Waals surface area (Å²) in [4.78, 5) is 1.96. The van der Waals surface area contributed by atoms with Crippen molar-refractivity contribution < 1.29 is 17.7 Å². The summed E-state index contributed by atoms with van der Waals surface area (Å²) in [7, 11) is -3.81. The summed E-state index contributed by atoms with van der Waals surface area (Å²) in [6.45, 7) is 3.17. The Morgan fingerprint density at radius 3 is 2.31 bits per heavy atom. The monoisotopic (exact) mass is 235 g/mol. The predicted octanol–water partition coefficient (Wildman–Crippen LogP) is -1.44. The van der Waals surface area contributed by atoms with Crippen LogP contribution in [0.4, 0.5) is 0 Å². The van der Waals surface area contributed by atoms with E-state index in [1.54, 1.807) is 0 Å². The van der Waals surface area contributed by atoms with E-state index in [0.29, 0.717) is 19.8 Å². The topological polar surface area (TPSA) is 66.8 Å². The average molecular weight is 235 g/mol. The molecule has 0 unspecified atom stereocenters. The van der Waals surface area contributed by atoms with Gasteiger partial charge in [-0.3, -0.25) is 9.45 Å². The van der Waals surface area contributed by atoms with Gasteiger partial charge in [-0.25, -0.2) is 0 Å². The Kier molecular flexibility index (Phi) is 7.63. The molecule has 1 saturated heterocycles. The number of morpholine rings is 1. The molecule has 5 nitrogen and oxygen atoms in total. The molecule has 0 aromatic rings. The van der Waals surface area contributed by atoms with Gasteiger partial charge >= 0.3 is 51.4 Å². The minimum atomic E-state index is -3.81. The van der Waals surface area contributed by atoms with Crippen molar-refractivity contribution in [1.29, 1.82) is 0 Å². The first-order valence-corrected chi connectivity index (χ1v) is 5.44. The van der Waals surface area contributed by atoms with Crippen molar-refractivity contribution in [3.63, 3.8) is 0 Å². The third-order valence-electron chi connectivity index (χ3n) is 1.77. The Morgan fingerprint density at radius 1 is 1.31 bits per heavy atom. The summed E-state index contributed by atoms with van der Waals surface area (Å²) in [5.74, 6) is -0.188. The van der Waals surface area contributed by atoms with Crippen molar-refractivity contribution in [3.05, 3.63) is 0 Å². The number of ether oxygens (including phenoxy) is 1. The van der Waals surface area contributed by atoms with Gasteiger partial charge in [-0.15, -0.1) is 0 Å². The van der Waals surface area contributed by atoms with E-state index in [1.165, 1.54) is 0 Å². The zero-order chi connectivity index (χ0) is 9.03. The first-order valence-electron chi connectivity index (χ1n) is 3.83. The van der Waals surface area contributed by atoms with Crippen LogP contribution in [0.25, 0.3) is 0 Å². The van der Waals surface area contributed by atoms with Gasteiger partial charge < -0.3 is 4.74 Å². The van der Waals surface area contributed by atoms with E-state index in [4.69, 9.17) is 9.29 Å². The zero-order valence-electron chi connectivity index (χ0n) is 6.77. The van der Waals surface area contributed by atoms with E-state index in [9.17, 15) is 8.42 Å². The van der Waals surface area contributed by atoms with Crippen molar-refractivity contribution >= 4 is 61.5 Å². The fraction of sp³-hybridized carbons (Fsp3) is 1.00. The molecular weight excluding hydrogens is 221 g/mol. The Bertz CT molecular complexity index is 225. The van der Waals surface area contributed by atoms with Crippen LogP contribution in [0.3, 0.4) is 0 Å². The first-order chi connectivity index (χ1) is 5.58. The van der Waals surface area contributed by atoms with Crippen LogP contribution in [0.5, 0.6) is 0 Å². The van der Waals surface area contributed by atoms with Crippen LogP contribution in [0.15, 0.2) is 0 Å². The van der Waals surface area contributed by atoms with Crippen molar-refractivity contribution in [3.8, 4) is 0 Å². The van der Waals surface area contributed by atoms with Crippen LogP contribution in [-0.2, 0) is 14.9 Å². The van der Waals surface area contributed by atoms with Gasteiger partial charge in [0.05, 0.1) is 19.0 Å². The van der Waals surface area contributed by atoms with Gasteiger partial charge in [0.15, 0.2) is 0 Å². The van der Waals surface area contributed by atoms with Gasteiger partial charge in [-0.05, 0) is 0 Å². The molecule has 74 valence electrons. The molecule has 0 saturated carbocycles. The molecule has 0 aromatic heterocycles. The van der Waals surface area contributed by atoms with Crippen LogP contribution in [-0.4, -0.2) is 108 Å². The fourth-order valence-electron chi connectivity index (χ4n) is 1.07. The molecular formula is C6H14KNO4S. The summed E-state index contributed by atoms with van der Waals surface area (Å²) in [5.41, 5.74) is 0. The molecule has 7 heteroatoms. The molecule has 1 N–H and O–H groups in total. The second-order valence-electron chi connectivity index (χ2n) is 2.74. The van der Waals surface area contributed by atoms with E-state index >= 15 is 0 Å². The van der Waals surface area contributed by atoms with Gasteiger partial charge in [-0.2, -0.15) is 8.42 Å². The van der Waals surface area contributed by atoms with Gasteiger partial charge in [0, 0.05) is 19.6 Å². The van der Waals surface area contributed by atoms with Crippen LogP contribution in [0.1, 0.15) is 0 Å². The molecule has 1 heterocycles. The Hall–Kier alpha value is 1.47. The molecule has 0 aromatic carbocycles. The molecule has 0 amide bonds.